The Morgan fingerprint density at radius 1 is 1.65 bits per heavy atom. The molecule has 0 radical (unpaired) electrons. The van der Waals surface area contributed by atoms with E-state index in [1.54, 1.807) is 11.3 Å². The average molecular weight is 318 g/mol. The fourth-order valence-corrected chi connectivity index (χ4v) is 3.73. The molecule has 1 saturated heterocycles. The number of nitrogens with zero attached hydrogens (tertiary/aromatic N) is 1. The lowest BCUT2D eigenvalue weighted by Gasteiger charge is -2.36. The first-order chi connectivity index (χ1) is 8.08. The van der Waals surface area contributed by atoms with Crippen molar-refractivity contribution in [1.82, 2.24) is 4.90 Å². The Kier molecular flexibility index (Phi) is 4.22. The number of hydrogen-bond acceptors (Lipinski definition) is 3. The second-order valence-corrected chi connectivity index (χ2v) is 6.44. The van der Waals surface area contributed by atoms with Gasteiger partial charge in [0.2, 0.25) is 0 Å². The Bertz CT molecular complexity index is 407. The van der Waals surface area contributed by atoms with E-state index in [9.17, 15) is 4.79 Å². The van der Waals surface area contributed by atoms with Crippen LogP contribution < -0.4 is 0 Å². The fraction of sp³-hybridized carbons (Fsp3) is 0.583. The summed E-state index contributed by atoms with van der Waals surface area (Å²) in [6.07, 6.45) is 1.78. The van der Waals surface area contributed by atoms with Gasteiger partial charge in [-0.05, 0) is 47.1 Å². The van der Waals surface area contributed by atoms with Crippen LogP contribution in [0, 0.1) is 5.92 Å². The zero-order chi connectivity index (χ0) is 12.4. The van der Waals surface area contributed by atoms with Crippen LogP contribution in [0.2, 0.25) is 0 Å². The molecule has 0 saturated carbocycles. The first-order valence-corrected chi connectivity index (χ1v) is 7.44. The quantitative estimate of drug-likeness (QED) is 0.930. The Labute approximate surface area is 114 Å². The third-order valence-electron chi connectivity index (χ3n) is 3.40. The number of likely N-dealkylation sites (tertiary alicyclic amines) is 1. The molecular formula is C12H16BrNO2S. The molecule has 94 valence electrons. The molecule has 1 N–H and O–H groups in total. The molecule has 1 fully saturated rings. The largest absolute Gasteiger partial charge is 0.481 e. The van der Waals surface area contributed by atoms with Crippen LogP contribution in [0.1, 0.15) is 24.6 Å². The van der Waals surface area contributed by atoms with E-state index in [-0.39, 0.29) is 5.92 Å². The van der Waals surface area contributed by atoms with E-state index >= 15 is 0 Å². The summed E-state index contributed by atoms with van der Waals surface area (Å²) in [6.45, 7) is 3.70. The number of rotatable bonds is 3. The van der Waals surface area contributed by atoms with Crippen molar-refractivity contribution in [2.75, 3.05) is 6.54 Å². The summed E-state index contributed by atoms with van der Waals surface area (Å²) in [6, 6.07) is 2.52. The highest BCUT2D eigenvalue weighted by Gasteiger charge is 2.29. The van der Waals surface area contributed by atoms with E-state index in [0.29, 0.717) is 12.6 Å². The Morgan fingerprint density at radius 3 is 3.00 bits per heavy atom. The van der Waals surface area contributed by atoms with Gasteiger partial charge in [-0.15, -0.1) is 11.3 Å². The van der Waals surface area contributed by atoms with Gasteiger partial charge in [0.1, 0.15) is 0 Å². The molecule has 0 spiro atoms. The normalized spacial score (nSPS) is 26.0. The zero-order valence-electron chi connectivity index (χ0n) is 9.73. The van der Waals surface area contributed by atoms with Crippen molar-refractivity contribution in [2.24, 2.45) is 5.92 Å². The van der Waals surface area contributed by atoms with E-state index < -0.39 is 5.97 Å². The van der Waals surface area contributed by atoms with Crippen LogP contribution in [0.5, 0.6) is 0 Å². The monoisotopic (exact) mass is 317 g/mol. The number of carboxylic acids is 1. The molecule has 2 heterocycles. The van der Waals surface area contributed by atoms with Crippen LogP contribution >= 0.6 is 27.3 Å². The number of aliphatic carboxylic acids is 1. The highest BCUT2D eigenvalue weighted by atomic mass is 79.9. The summed E-state index contributed by atoms with van der Waals surface area (Å²) >= 11 is 5.24. The summed E-state index contributed by atoms with van der Waals surface area (Å²) in [4.78, 5) is 14.6. The van der Waals surface area contributed by atoms with Gasteiger partial charge in [-0.1, -0.05) is 0 Å². The SMILES string of the molecule is CC1CCC(C(=O)O)CN1Cc1sccc1Br. The Hall–Kier alpha value is -0.390. The molecule has 3 nitrogen and oxygen atoms in total. The third kappa shape index (κ3) is 3.09. The summed E-state index contributed by atoms with van der Waals surface area (Å²) in [5, 5.41) is 11.1. The highest BCUT2D eigenvalue weighted by Crippen LogP contribution is 2.28. The molecule has 17 heavy (non-hydrogen) atoms. The molecule has 0 aromatic carbocycles. The molecule has 1 aromatic rings. The van der Waals surface area contributed by atoms with Gasteiger partial charge >= 0.3 is 5.97 Å². The Balaban J connectivity index is 2.03. The number of hydrogen-bond donors (Lipinski definition) is 1. The van der Waals surface area contributed by atoms with Crippen molar-refractivity contribution in [2.45, 2.75) is 32.4 Å². The third-order valence-corrected chi connectivity index (χ3v) is 5.31. The van der Waals surface area contributed by atoms with Gasteiger partial charge in [0, 0.05) is 28.5 Å². The maximum absolute atomic E-state index is 11.0. The van der Waals surface area contributed by atoms with Gasteiger partial charge in [0.25, 0.3) is 0 Å². The fourth-order valence-electron chi connectivity index (χ4n) is 2.22. The second kappa shape index (κ2) is 5.50. The van der Waals surface area contributed by atoms with Crippen molar-refractivity contribution in [3.8, 4) is 0 Å². The lowest BCUT2D eigenvalue weighted by Crippen LogP contribution is -2.43. The number of piperidine rings is 1. The van der Waals surface area contributed by atoms with Crippen LogP contribution in [0.15, 0.2) is 15.9 Å². The smallest absolute Gasteiger partial charge is 0.307 e. The van der Waals surface area contributed by atoms with Crippen LogP contribution in [-0.4, -0.2) is 28.6 Å². The molecule has 1 aliphatic heterocycles. The van der Waals surface area contributed by atoms with Crippen molar-refractivity contribution in [3.05, 3.63) is 20.8 Å². The molecule has 1 aliphatic rings. The van der Waals surface area contributed by atoms with Crippen LogP contribution in [0.25, 0.3) is 0 Å². The summed E-state index contributed by atoms with van der Waals surface area (Å²) in [7, 11) is 0. The molecule has 0 bridgehead atoms. The standard InChI is InChI=1S/C12H16BrNO2S/c1-8-2-3-9(12(15)16)6-14(8)7-11-10(13)4-5-17-11/h4-5,8-9H,2-3,6-7H2,1H3,(H,15,16). The minimum absolute atomic E-state index is 0.204. The topological polar surface area (TPSA) is 40.5 Å². The maximum atomic E-state index is 11.0. The number of carbonyl (C=O) groups is 1. The van der Waals surface area contributed by atoms with Gasteiger partial charge in [-0.25, -0.2) is 0 Å². The van der Waals surface area contributed by atoms with E-state index in [1.165, 1.54) is 4.88 Å². The van der Waals surface area contributed by atoms with Crippen LogP contribution in [0.4, 0.5) is 0 Å². The molecule has 2 unspecified atom stereocenters. The van der Waals surface area contributed by atoms with Gasteiger partial charge in [-0.2, -0.15) is 0 Å². The summed E-state index contributed by atoms with van der Waals surface area (Å²) in [5.74, 6) is -0.864. The molecule has 5 heteroatoms. The van der Waals surface area contributed by atoms with Gasteiger partial charge in [0.15, 0.2) is 0 Å². The average Bonchev–Trinajstić information content (AvgIpc) is 2.67. The van der Waals surface area contributed by atoms with E-state index in [1.807, 2.05) is 6.07 Å². The van der Waals surface area contributed by atoms with Crippen molar-refractivity contribution in [1.29, 1.82) is 0 Å². The van der Waals surface area contributed by atoms with Crippen molar-refractivity contribution < 1.29 is 9.90 Å². The first kappa shape index (κ1) is 13.1. The minimum Gasteiger partial charge on any atom is -0.481 e. The zero-order valence-corrected chi connectivity index (χ0v) is 12.1. The van der Waals surface area contributed by atoms with Crippen LogP contribution in [-0.2, 0) is 11.3 Å². The maximum Gasteiger partial charge on any atom is 0.307 e. The first-order valence-electron chi connectivity index (χ1n) is 5.76. The number of halogens is 1. The van der Waals surface area contributed by atoms with Gasteiger partial charge < -0.3 is 5.11 Å². The lowest BCUT2D eigenvalue weighted by molar-refractivity contribution is -0.144. The second-order valence-electron chi connectivity index (χ2n) is 4.58. The Morgan fingerprint density at radius 2 is 2.41 bits per heavy atom. The van der Waals surface area contributed by atoms with Crippen LogP contribution in [0.3, 0.4) is 0 Å². The van der Waals surface area contributed by atoms with E-state index in [2.05, 4.69) is 33.1 Å². The molecule has 0 amide bonds. The number of thiophene rings is 1. The summed E-state index contributed by atoms with van der Waals surface area (Å²) < 4.78 is 1.13. The van der Waals surface area contributed by atoms with Gasteiger partial charge in [0.05, 0.1) is 5.92 Å². The minimum atomic E-state index is -0.660. The predicted molar refractivity (Wildman–Crippen MR) is 72.3 cm³/mol. The summed E-state index contributed by atoms with van der Waals surface area (Å²) in [5.41, 5.74) is 0. The number of carboxylic acid groups (broad SMARTS) is 1. The predicted octanol–water partition coefficient (Wildman–Crippen LogP) is 3.20. The molecule has 0 aliphatic carbocycles. The highest BCUT2D eigenvalue weighted by molar-refractivity contribution is 9.10. The van der Waals surface area contributed by atoms with E-state index in [4.69, 9.17) is 5.11 Å². The molecular weight excluding hydrogens is 302 g/mol. The molecule has 2 rings (SSSR count). The van der Waals surface area contributed by atoms with Gasteiger partial charge in [-0.3, -0.25) is 9.69 Å². The van der Waals surface area contributed by atoms with Crippen molar-refractivity contribution in [3.63, 3.8) is 0 Å². The molecule has 2 atom stereocenters. The van der Waals surface area contributed by atoms with E-state index in [0.717, 1.165) is 23.9 Å². The molecule has 1 aromatic heterocycles. The lowest BCUT2D eigenvalue weighted by atomic mass is 9.93. The van der Waals surface area contributed by atoms with Crippen molar-refractivity contribution >= 4 is 33.2 Å².